The van der Waals surface area contributed by atoms with Gasteiger partial charge in [-0.2, -0.15) is 0 Å². The molecule has 2 aliphatic rings. The van der Waals surface area contributed by atoms with Crippen LogP contribution in [-0.4, -0.2) is 80.8 Å². The van der Waals surface area contributed by atoms with E-state index in [1.165, 1.54) is 0 Å². The monoisotopic (exact) mass is 353 g/mol. The summed E-state index contributed by atoms with van der Waals surface area (Å²) in [6.45, 7) is 4.77. The first-order valence-electron chi connectivity index (χ1n) is 8.31. The van der Waals surface area contributed by atoms with Crippen molar-refractivity contribution in [3.8, 4) is 5.75 Å². The van der Waals surface area contributed by atoms with Crippen LogP contribution in [0.15, 0.2) is 24.3 Å². The second-order valence-corrected chi connectivity index (χ2v) is 6.74. The molecule has 2 saturated heterocycles. The Bertz CT molecular complexity index is 555. The number of hydrogen-bond donors (Lipinski definition) is 1. The van der Waals surface area contributed by atoms with Gasteiger partial charge < -0.3 is 14.8 Å². The van der Waals surface area contributed by atoms with Crippen LogP contribution in [0.4, 0.5) is 0 Å². The Kier molecular flexibility index (Phi) is 5.94. The molecule has 132 valence electrons. The fourth-order valence-electron chi connectivity index (χ4n) is 3.21. The van der Waals surface area contributed by atoms with Crippen molar-refractivity contribution in [1.82, 2.24) is 15.1 Å². The number of fused-ring (bicyclic) bond motifs is 1. The minimum absolute atomic E-state index is 0.0241. The van der Waals surface area contributed by atoms with E-state index in [1.807, 2.05) is 12.1 Å². The Balaban J connectivity index is 1.33. The van der Waals surface area contributed by atoms with E-state index < -0.39 is 0 Å². The number of hydrogen-bond acceptors (Lipinski definition) is 5. The summed E-state index contributed by atoms with van der Waals surface area (Å²) in [6.07, 6.45) is 0.227. The van der Waals surface area contributed by atoms with Crippen LogP contribution in [0.1, 0.15) is 0 Å². The number of halogens is 1. The molecule has 1 aromatic rings. The molecule has 2 aliphatic heterocycles. The van der Waals surface area contributed by atoms with Crippen LogP contribution in [0.2, 0.25) is 5.02 Å². The number of benzene rings is 1. The predicted molar refractivity (Wildman–Crippen MR) is 92.6 cm³/mol. The minimum atomic E-state index is 0.0241. The molecule has 0 unspecified atom stereocenters. The molecule has 0 aromatic heterocycles. The zero-order valence-corrected chi connectivity index (χ0v) is 14.7. The second-order valence-electron chi connectivity index (χ2n) is 6.30. The Labute approximate surface area is 147 Å². The fourth-order valence-corrected chi connectivity index (χ4v) is 3.34. The van der Waals surface area contributed by atoms with Crippen LogP contribution >= 0.6 is 11.6 Å². The molecule has 0 bridgehead atoms. The van der Waals surface area contributed by atoms with Gasteiger partial charge in [-0.25, -0.2) is 0 Å². The van der Waals surface area contributed by atoms with Gasteiger partial charge in [-0.3, -0.25) is 14.6 Å². The van der Waals surface area contributed by atoms with Crippen LogP contribution < -0.4 is 10.1 Å². The number of likely N-dealkylation sites (N-methyl/N-ethyl adjacent to an activating group) is 1. The molecule has 1 N–H and O–H groups in total. The van der Waals surface area contributed by atoms with E-state index in [0.717, 1.165) is 32.0 Å². The Morgan fingerprint density at radius 2 is 2.17 bits per heavy atom. The second kappa shape index (κ2) is 8.16. The number of amides is 1. The highest BCUT2D eigenvalue weighted by Gasteiger charge is 2.38. The number of rotatable bonds is 6. The third kappa shape index (κ3) is 4.60. The molecular formula is C17H24ClN3O3. The lowest BCUT2D eigenvalue weighted by Crippen LogP contribution is -2.48. The lowest BCUT2D eigenvalue weighted by atomic mass is 10.1. The SMILES string of the molecule is CN1CCO[C@@H]2CN(CC(=O)NCCOc3ccc(Cl)cc3)C[C@@H]21. The van der Waals surface area contributed by atoms with Gasteiger partial charge in [0.2, 0.25) is 5.91 Å². The predicted octanol–water partition coefficient (Wildman–Crippen LogP) is 0.850. The van der Waals surface area contributed by atoms with Crippen LogP contribution in [0.3, 0.4) is 0 Å². The summed E-state index contributed by atoms with van der Waals surface area (Å²) < 4.78 is 11.4. The first-order valence-corrected chi connectivity index (χ1v) is 8.69. The molecule has 6 nitrogen and oxygen atoms in total. The van der Waals surface area contributed by atoms with Crippen molar-refractivity contribution < 1.29 is 14.3 Å². The van der Waals surface area contributed by atoms with Gasteiger partial charge >= 0.3 is 0 Å². The van der Waals surface area contributed by atoms with E-state index in [4.69, 9.17) is 21.1 Å². The highest BCUT2D eigenvalue weighted by atomic mass is 35.5. The zero-order chi connectivity index (χ0) is 16.9. The quantitative estimate of drug-likeness (QED) is 0.768. The van der Waals surface area contributed by atoms with Crippen molar-refractivity contribution in [2.75, 3.05) is 53.0 Å². The van der Waals surface area contributed by atoms with Gasteiger partial charge in [0.1, 0.15) is 12.4 Å². The third-order valence-corrected chi connectivity index (χ3v) is 4.78. The van der Waals surface area contributed by atoms with E-state index in [2.05, 4.69) is 22.2 Å². The maximum absolute atomic E-state index is 12.1. The third-order valence-electron chi connectivity index (χ3n) is 4.53. The fraction of sp³-hybridized carbons (Fsp3) is 0.588. The van der Waals surface area contributed by atoms with Crippen molar-refractivity contribution in [2.24, 2.45) is 0 Å². The topological polar surface area (TPSA) is 54.0 Å². The number of ether oxygens (including phenoxy) is 2. The summed E-state index contributed by atoms with van der Waals surface area (Å²) in [5, 5.41) is 3.57. The normalized spacial score (nSPS) is 24.6. The van der Waals surface area contributed by atoms with Crippen molar-refractivity contribution in [3.63, 3.8) is 0 Å². The van der Waals surface area contributed by atoms with Crippen molar-refractivity contribution in [2.45, 2.75) is 12.1 Å². The van der Waals surface area contributed by atoms with E-state index >= 15 is 0 Å². The summed E-state index contributed by atoms with van der Waals surface area (Å²) in [7, 11) is 2.12. The number of nitrogens with zero attached hydrogens (tertiary/aromatic N) is 2. The lowest BCUT2D eigenvalue weighted by Gasteiger charge is -2.33. The number of morpholine rings is 1. The highest BCUT2D eigenvalue weighted by molar-refractivity contribution is 6.30. The molecule has 24 heavy (non-hydrogen) atoms. The van der Waals surface area contributed by atoms with Crippen molar-refractivity contribution in [3.05, 3.63) is 29.3 Å². The number of nitrogens with one attached hydrogen (secondary N) is 1. The van der Waals surface area contributed by atoms with Crippen molar-refractivity contribution in [1.29, 1.82) is 0 Å². The molecular weight excluding hydrogens is 330 g/mol. The molecule has 2 heterocycles. The van der Waals surface area contributed by atoms with E-state index in [1.54, 1.807) is 12.1 Å². The maximum atomic E-state index is 12.1. The zero-order valence-electron chi connectivity index (χ0n) is 13.9. The summed E-state index contributed by atoms with van der Waals surface area (Å²) in [4.78, 5) is 16.5. The van der Waals surface area contributed by atoms with Gasteiger partial charge in [-0.15, -0.1) is 0 Å². The standard InChI is InChI=1S/C17H24ClN3O3/c1-20-7-9-24-16-11-21(10-15(16)20)12-17(22)19-6-8-23-14-4-2-13(18)3-5-14/h2-5,15-16H,6-12H2,1H3,(H,19,22)/t15-,16+/m0/s1. The molecule has 7 heteroatoms. The summed E-state index contributed by atoms with van der Waals surface area (Å²) in [5.41, 5.74) is 0. The van der Waals surface area contributed by atoms with E-state index in [9.17, 15) is 4.79 Å². The molecule has 2 atom stereocenters. The smallest absolute Gasteiger partial charge is 0.234 e. The average molecular weight is 354 g/mol. The van der Waals surface area contributed by atoms with Crippen molar-refractivity contribution >= 4 is 17.5 Å². The summed E-state index contributed by atoms with van der Waals surface area (Å²) >= 11 is 5.82. The Hall–Kier alpha value is -1.34. The number of carbonyl (C=O) groups excluding carboxylic acids is 1. The van der Waals surface area contributed by atoms with Gasteiger partial charge in [0.05, 0.1) is 25.8 Å². The van der Waals surface area contributed by atoms with Crippen LogP contribution in [0.5, 0.6) is 5.75 Å². The molecule has 0 radical (unpaired) electrons. The molecule has 0 aliphatic carbocycles. The Morgan fingerprint density at radius 3 is 2.92 bits per heavy atom. The van der Waals surface area contributed by atoms with Gasteiger partial charge in [0.25, 0.3) is 0 Å². The minimum Gasteiger partial charge on any atom is -0.492 e. The van der Waals surface area contributed by atoms with Gasteiger partial charge in [-0.1, -0.05) is 11.6 Å². The number of carbonyl (C=O) groups is 1. The van der Waals surface area contributed by atoms with Gasteiger partial charge in [0, 0.05) is 30.7 Å². The molecule has 0 spiro atoms. The van der Waals surface area contributed by atoms with Crippen LogP contribution in [0.25, 0.3) is 0 Å². The Morgan fingerprint density at radius 1 is 1.38 bits per heavy atom. The maximum Gasteiger partial charge on any atom is 0.234 e. The molecule has 3 rings (SSSR count). The van der Waals surface area contributed by atoms with Gasteiger partial charge in [-0.05, 0) is 31.3 Å². The number of likely N-dealkylation sites (tertiary alicyclic amines) is 1. The molecule has 2 fully saturated rings. The summed E-state index contributed by atoms with van der Waals surface area (Å²) in [6, 6.07) is 7.59. The molecule has 1 amide bonds. The largest absolute Gasteiger partial charge is 0.492 e. The summed E-state index contributed by atoms with van der Waals surface area (Å²) in [5.74, 6) is 0.772. The lowest BCUT2D eigenvalue weighted by molar-refractivity contribution is -0.122. The van der Waals surface area contributed by atoms with Crippen LogP contribution in [0, 0.1) is 0 Å². The highest BCUT2D eigenvalue weighted by Crippen LogP contribution is 2.21. The van der Waals surface area contributed by atoms with Gasteiger partial charge in [0.15, 0.2) is 0 Å². The first-order chi connectivity index (χ1) is 11.6. The van der Waals surface area contributed by atoms with E-state index in [0.29, 0.717) is 30.8 Å². The first kappa shape index (κ1) is 17.5. The molecule has 0 saturated carbocycles. The average Bonchev–Trinajstić information content (AvgIpc) is 2.97. The van der Waals surface area contributed by atoms with Crippen LogP contribution in [-0.2, 0) is 9.53 Å². The molecule has 1 aromatic carbocycles. The van der Waals surface area contributed by atoms with E-state index in [-0.39, 0.29) is 12.0 Å².